The van der Waals surface area contributed by atoms with Gasteiger partial charge in [-0.3, -0.25) is 4.90 Å². The molecule has 2 rings (SSSR count). The number of nitrogens with two attached hydrogens (primary N) is 1. The first-order valence-electron chi connectivity index (χ1n) is 7.19. The van der Waals surface area contributed by atoms with E-state index in [0.29, 0.717) is 16.7 Å². The third-order valence-electron chi connectivity index (χ3n) is 3.86. The van der Waals surface area contributed by atoms with Gasteiger partial charge in [0.2, 0.25) is 10.0 Å². The molecule has 3 N–H and O–H groups in total. The second-order valence-corrected chi connectivity index (χ2v) is 8.10. The molecule has 118 valence electrons. The molecule has 7 heteroatoms. The van der Waals surface area contributed by atoms with Gasteiger partial charge in [0.25, 0.3) is 0 Å². The molecule has 1 aromatic carbocycles. The summed E-state index contributed by atoms with van der Waals surface area (Å²) in [5.41, 5.74) is 6.16. The summed E-state index contributed by atoms with van der Waals surface area (Å²) >= 11 is 3.26. The fourth-order valence-electron chi connectivity index (χ4n) is 2.49. The second kappa shape index (κ2) is 7.09. The summed E-state index contributed by atoms with van der Waals surface area (Å²) in [5, 5.41) is 0. The van der Waals surface area contributed by atoms with E-state index in [4.69, 9.17) is 5.73 Å². The first-order valence-corrected chi connectivity index (χ1v) is 9.46. The standard InChI is InChI=1S/C14H22BrN3O2S/c1-11(18-7-3-2-4-8-18)10-17-21(19,20)12-5-6-13(15)14(16)9-12/h5-6,9,11,17H,2-4,7-8,10,16H2,1H3. The van der Waals surface area contributed by atoms with E-state index in [1.165, 1.54) is 25.3 Å². The van der Waals surface area contributed by atoms with Crippen molar-refractivity contribution >= 4 is 31.6 Å². The van der Waals surface area contributed by atoms with Crippen LogP contribution in [0.15, 0.2) is 27.6 Å². The third-order valence-corrected chi connectivity index (χ3v) is 6.00. The number of hydrogen-bond acceptors (Lipinski definition) is 4. The third kappa shape index (κ3) is 4.42. The van der Waals surface area contributed by atoms with E-state index in [1.54, 1.807) is 12.1 Å². The molecule has 0 radical (unpaired) electrons. The highest BCUT2D eigenvalue weighted by Gasteiger charge is 2.20. The van der Waals surface area contributed by atoms with Crippen molar-refractivity contribution in [2.24, 2.45) is 0 Å². The average Bonchev–Trinajstić information content (AvgIpc) is 2.48. The minimum Gasteiger partial charge on any atom is -0.398 e. The number of nitrogen functional groups attached to an aromatic ring is 1. The highest BCUT2D eigenvalue weighted by atomic mass is 79.9. The van der Waals surface area contributed by atoms with Crippen molar-refractivity contribution < 1.29 is 8.42 Å². The van der Waals surface area contributed by atoms with Gasteiger partial charge in [-0.1, -0.05) is 6.42 Å². The van der Waals surface area contributed by atoms with E-state index >= 15 is 0 Å². The van der Waals surface area contributed by atoms with Crippen LogP contribution in [0.2, 0.25) is 0 Å². The Morgan fingerprint density at radius 1 is 1.33 bits per heavy atom. The fourth-order valence-corrected chi connectivity index (χ4v) is 3.89. The van der Waals surface area contributed by atoms with Gasteiger partial charge < -0.3 is 5.73 Å². The summed E-state index contributed by atoms with van der Waals surface area (Å²) in [6, 6.07) is 4.87. The van der Waals surface area contributed by atoms with E-state index < -0.39 is 10.0 Å². The zero-order valence-electron chi connectivity index (χ0n) is 12.2. The maximum atomic E-state index is 12.3. The lowest BCUT2D eigenvalue weighted by atomic mass is 10.1. The first-order chi connectivity index (χ1) is 9.90. The Hall–Kier alpha value is -0.630. The predicted molar refractivity (Wildman–Crippen MR) is 88.6 cm³/mol. The molecule has 21 heavy (non-hydrogen) atoms. The molecule has 1 aliphatic heterocycles. The monoisotopic (exact) mass is 375 g/mol. The molecule has 1 aromatic rings. The van der Waals surface area contributed by atoms with Crippen molar-refractivity contribution in [3.63, 3.8) is 0 Å². The van der Waals surface area contributed by atoms with Crippen LogP contribution in [0.4, 0.5) is 5.69 Å². The topological polar surface area (TPSA) is 75.4 Å². The summed E-state index contributed by atoms with van der Waals surface area (Å²) in [5.74, 6) is 0. The molecule has 1 unspecified atom stereocenters. The Kier molecular flexibility index (Phi) is 5.65. The van der Waals surface area contributed by atoms with Gasteiger partial charge >= 0.3 is 0 Å². The molecule has 0 amide bonds. The molecular formula is C14H22BrN3O2S. The lowest BCUT2D eigenvalue weighted by molar-refractivity contribution is 0.175. The summed E-state index contributed by atoms with van der Waals surface area (Å²) in [6.45, 7) is 4.57. The molecule has 0 aliphatic carbocycles. The van der Waals surface area contributed by atoms with Gasteiger partial charge in [0.15, 0.2) is 0 Å². The number of rotatable bonds is 5. The Morgan fingerprint density at radius 2 is 2.00 bits per heavy atom. The lowest BCUT2D eigenvalue weighted by Crippen LogP contribution is -2.44. The number of nitrogens with one attached hydrogen (secondary N) is 1. The van der Waals surface area contributed by atoms with Crippen LogP contribution in [0.3, 0.4) is 0 Å². The number of likely N-dealkylation sites (tertiary alicyclic amines) is 1. The van der Waals surface area contributed by atoms with Crippen LogP contribution in [0, 0.1) is 0 Å². The molecule has 1 fully saturated rings. The number of sulfonamides is 1. The lowest BCUT2D eigenvalue weighted by Gasteiger charge is -2.32. The van der Waals surface area contributed by atoms with Gasteiger partial charge in [0, 0.05) is 22.7 Å². The number of piperidine rings is 1. The maximum absolute atomic E-state index is 12.3. The van der Waals surface area contributed by atoms with Crippen molar-refractivity contribution in [3.8, 4) is 0 Å². The van der Waals surface area contributed by atoms with Gasteiger partial charge in [-0.25, -0.2) is 13.1 Å². The van der Waals surface area contributed by atoms with E-state index in [2.05, 4.69) is 32.5 Å². The summed E-state index contributed by atoms with van der Waals surface area (Å²) < 4.78 is 27.9. The van der Waals surface area contributed by atoms with Gasteiger partial charge in [0.1, 0.15) is 0 Å². The molecule has 1 aliphatic rings. The molecule has 1 heterocycles. The highest BCUT2D eigenvalue weighted by molar-refractivity contribution is 9.10. The Bertz CT molecular complexity index is 586. The maximum Gasteiger partial charge on any atom is 0.240 e. The number of nitrogens with zero attached hydrogens (tertiary/aromatic N) is 1. The average molecular weight is 376 g/mol. The zero-order chi connectivity index (χ0) is 15.5. The Morgan fingerprint density at radius 3 is 2.62 bits per heavy atom. The number of anilines is 1. The Balaban J connectivity index is 1.98. The van der Waals surface area contributed by atoms with Gasteiger partial charge in [-0.05, 0) is 67.0 Å². The molecule has 0 saturated carbocycles. The zero-order valence-corrected chi connectivity index (χ0v) is 14.6. The molecular weight excluding hydrogens is 354 g/mol. The molecule has 5 nitrogen and oxygen atoms in total. The normalized spacial score (nSPS) is 18.6. The number of halogens is 1. The van der Waals surface area contributed by atoms with Crippen molar-refractivity contribution in [3.05, 3.63) is 22.7 Å². The second-order valence-electron chi connectivity index (χ2n) is 5.48. The molecule has 1 atom stereocenters. The summed E-state index contributed by atoms with van der Waals surface area (Å²) in [4.78, 5) is 2.54. The van der Waals surface area contributed by atoms with Gasteiger partial charge in [-0.15, -0.1) is 0 Å². The predicted octanol–water partition coefficient (Wildman–Crippen LogP) is 2.18. The summed E-state index contributed by atoms with van der Waals surface area (Å²) in [6.07, 6.45) is 3.66. The smallest absolute Gasteiger partial charge is 0.240 e. The quantitative estimate of drug-likeness (QED) is 0.773. The molecule has 1 saturated heterocycles. The van der Waals surface area contributed by atoms with Crippen molar-refractivity contribution in [1.82, 2.24) is 9.62 Å². The number of hydrogen-bond donors (Lipinski definition) is 2. The van der Waals surface area contributed by atoms with E-state index in [-0.39, 0.29) is 10.9 Å². The minimum absolute atomic E-state index is 0.202. The van der Waals surface area contributed by atoms with Crippen molar-refractivity contribution in [2.45, 2.75) is 37.1 Å². The molecule has 0 aromatic heterocycles. The number of benzene rings is 1. The van der Waals surface area contributed by atoms with Crippen molar-refractivity contribution in [2.75, 3.05) is 25.4 Å². The summed E-state index contributed by atoms with van der Waals surface area (Å²) in [7, 11) is -3.51. The molecule has 0 spiro atoms. The fraction of sp³-hybridized carbons (Fsp3) is 0.571. The van der Waals surface area contributed by atoms with Crippen LogP contribution < -0.4 is 10.5 Å². The van der Waals surface area contributed by atoms with Crippen LogP contribution in [0.1, 0.15) is 26.2 Å². The van der Waals surface area contributed by atoms with Crippen molar-refractivity contribution in [1.29, 1.82) is 0 Å². The van der Waals surface area contributed by atoms with Crippen LogP contribution in [0.5, 0.6) is 0 Å². The largest absolute Gasteiger partial charge is 0.398 e. The highest BCUT2D eigenvalue weighted by Crippen LogP contribution is 2.22. The van der Waals surface area contributed by atoms with Gasteiger partial charge in [0.05, 0.1) is 4.90 Å². The van der Waals surface area contributed by atoms with Crippen LogP contribution in [-0.2, 0) is 10.0 Å². The SMILES string of the molecule is CC(CNS(=O)(=O)c1ccc(Br)c(N)c1)N1CCCCC1. The van der Waals surface area contributed by atoms with E-state index in [1.807, 2.05) is 0 Å². The first kappa shape index (κ1) is 16.7. The van der Waals surface area contributed by atoms with Crippen LogP contribution in [-0.4, -0.2) is 39.0 Å². The van der Waals surface area contributed by atoms with Crippen LogP contribution >= 0.6 is 15.9 Å². The van der Waals surface area contributed by atoms with E-state index in [9.17, 15) is 8.42 Å². The molecule has 0 bridgehead atoms. The minimum atomic E-state index is -3.51. The van der Waals surface area contributed by atoms with E-state index in [0.717, 1.165) is 13.1 Å². The Labute approximate surface area is 135 Å². The van der Waals surface area contributed by atoms with Crippen LogP contribution in [0.25, 0.3) is 0 Å². The van der Waals surface area contributed by atoms with Gasteiger partial charge in [-0.2, -0.15) is 0 Å².